The molecular formula is C21H25F5N6O4S. The van der Waals surface area contributed by atoms with E-state index in [-0.39, 0.29) is 49.2 Å². The molecule has 1 unspecified atom stereocenters. The molecule has 0 amide bonds. The number of halogens is 5. The summed E-state index contributed by atoms with van der Waals surface area (Å²) in [6, 6.07) is 1.99. The fourth-order valence-corrected chi connectivity index (χ4v) is 4.26. The Labute approximate surface area is 209 Å². The number of rotatable bonds is 12. The van der Waals surface area contributed by atoms with Gasteiger partial charge in [-0.15, -0.1) is 10.2 Å². The number of nitrogens with zero attached hydrogens (tertiary/aromatic N) is 5. The van der Waals surface area contributed by atoms with Crippen LogP contribution in [0.2, 0.25) is 0 Å². The predicted molar refractivity (Wildman–Crippen MR) is 123 cm³/mol. The lowest BCUT2D eigenvalue weighted by Crippen LogP contribution is -2.38. The molecule has 1 aromatic carbocycles. The molecule has 0 aliphatic heterocycles. The first kappa shape index (κ1) is 29.8. The van der Waals surface area contributed by atoms with Crippen molar-refractivity contribution in [1.29, 1.82) is 0 Å². The zero-order valence-corrected chi connectivity index (χ0v) is 19.7. The number of hydrogen-bond donors (Lipinski definition) is 1. The van der Waals surface area contributed by atoms with E-state index in [0.717, 1.165) is 16.4 Å². The van der Waals surface area contributed by atoms with E-state index in [9.17, 15) is 30.4 Å². The summed E-state index contributed by atoms with van der Waals surface area (Å²) >= 11 is 0. The van der Waals surface area contributed by atoms with Crippen LogP contribution in [0, 0.1) is 5.82 Å². The molecule has 0 saturated heterocycles. The van der Waals surface area contributed by atoms with Crippen molar-refractivity contribution in [3.05, 3.63) is 47.9 Å². The molecule has 0 aliphatic rings. The first-order chi connectivity index (χ1) is 17.0. The van der Waals surface area contributed by atoms with Crippen LogP contribution in [0.1, 0.15) is 45.2 Å². The summed E-state index contributed by atoms with van der Waals surface area (Å²) in [6.45, 7) is -0.270. The molecule has 0 fully saturated rings. The van der Waals surface area contributed by atoms with Gasteiger partial charge in [-0.3, -0.25) is 0 Å². The van der Waals surface area contributed by atoms with Crippen molar-refractivity contribution >= 4 is 16.0 Å². The van der Waals surface area contributed by atoms with E-state index in [4.69, 9.17) is 4.42 Å². The summed E-state index contributed by atoms with van der Waals surface area (Å²) in [4.78, 5) is 8.05. The highest BCUT2D eigenvalue weighted by Gasteiger charge is 2.26. The Morgan fingerprint density at radius 1 is 1.11 bits per heavy atom. The zero-order valence-electron chi connectivity index (χ0n) is 18.9. The Morgan fingerprint density at radius 3 is 2.30 bits per heavy atom. The smallest absolute Gasteiger partial charge is 0.387 e. The lowest BCUT2D eigenvalue weighted by molar-refractivity contribution is -0.0500. The largest absolute Gasteiger partial charge is 0.435 e. The predicted octanol–water partition coefficient (Wildman–Crippen LogP) is 4.67. The topological polar surface area (TPSA) is 123 Å². The molecule has 1 atom stereocenters. The van der Waals surface area contributed by atoms with Gasteiger partial charge in [0.2, 0.25) is 16.0 Å². The van der Waals surface area contributed by atoms with Crippen LogP contribution >= 0.6 is 0 Å². The molecule has 2 aromatic heterocycles. The minimum atomic E-state index is -3.67. The van der Waals surface area contributed by atoms with Gasteiger partial charge in [0.25, 0.3) is 11.8 Å². The second kappa shape index (κ2) is 12.7. The van der Waals surface area contributed by atoms with Crippen molar-refractivity contribution in [2.24, 2.45) is 0 Å². The first-order valence-corrected chi connectivity index (χ1v) is 12.1. The molecule has 204 valence electrons. The van der Waals surface area contributed by atoms with Crippen molar-refractivity contribution in [2.45, 2.75) is 40.4 Å². The number of anilines is 1. The Balaban J connectivity index is 0.00000481. The highest BCUT2D eigenvalue weighted by atomic mass is 32.2. The summed E-state index contributed by atoms with van der Waals surface area (Å²) in [7, 11) is -3.67. The molecule has 10 nitrogen and oxygen atoms in total. The van der Waals surface area contributed by atoms with Crippen LogP contribution in [-0.4, -0.2) is 58.3 Å². The second-order valence-electron chi connectivity index (χ2n) is 7.15. The number of likely N-dealkylation sites (N-methyl/N-ethyl adjacent to an activating group) is 1. The van der Waals surface area contributed by atoms with Crippen molar-refractivity contribution < 1.29 is 39.5 Å². The molecule has 0 saturated carbocycles. The summed E-state index contributed by atoms with van der Waals surface area (Å²) in [5, 5.41) is 9.51. The number of sulfonamides is 1. The quantitative estimate of drug-likeness (QED) is 0.319. The molecule has 37 heavy (non-hydrogen) atoms. The Hall–Kier alpha value is -3.40. The van der Waals surface area contributed by atoms with E-state index in [1.54, 1.807) is 6.92 Å². The number of hydrogen-bond acceptors (Lipinski definition) is 9. The third kappa shape index (κ3) is 7.55. The molecule has 2 heterocycles. The summed E-state index contributed by atoms with van der Waals surface area (Å²) < 4.78 is 100. The first-order valence-electron chi connectivity index (χ1n) is 10.5. The maximum Gasteiger partial charge on any atom is 0.387 e. The van der Waals surface area contributed by atoms with Crippen molar-refractivity contribution in [1.82, 2.24) is 24.5 Å². The van der Waals surface area contributed by atoms with Crippen LogP contribution < -0.4 is 10.1 Å². The van der Waals surface area contributed by atoms with E-state index < -0.39 is 46.6 Å². The Morgan fingerprint density at radius 2 is 1.78 bits per heavy atom. The third-order valence-corrected chi connectivity index (χ3v) is 6.82. The average molecular weight is 553 g/mol. The van der Waals surface area contributed by atoms with Gasteiger partial charge in [0.1, 0.15) is 11.6 Å². The van der Waals surface area contributed by atoms with Crippen molar-refractivity contribution in [3.63, 3.8) is 0 Å². The Bertz CT molecular complexity index is 1260. The molecule has 16 heteroatoms. The number of aromatic nitrogens is 4. The monoisotopic (exact) mass is 552 g/mol. The van der Waals surface area contributed by atoms with Crippen LogP contribution in [-0.2, 0) is 10.0 Å². The molecule has 0 spiro atoms. The van der Waals surface area contributed by atoms with Gasteiger partial charge in [-0.05, 0) is 13.0 Å². The maximum atomic E-state index is 14.9. The molecule has 3 rings (SSSR count). The summed E-state index contributed by atoms with van der Waals surface area (Å²) in [6.07, 6.45) is -0.584. The van der Waals surface area contributed by atoms with Crippen LogP contribution in [0.4, 0.5) is 27.9 Å². The fraction of sp³-hybridized carbons (Fsp3) is 0.429. The van der Waals surface area contributed by atoms with E-state index in [1.165, 1.54) is 25.4 Å². The normalized spacial score (nSPS) is 12.6. The minimum absolute atomic E-state index is 0. The molecule has 1 N–H and O–H groups in total. The zero-order chi connectivity index (χ0) is 26.5. The molecule has 3 aromatic rings. The van der Waals surface area contributed by atoms with Crippen LogP contribution in [0.3, 0.4) is 0 Å². The van der Waals surface area contributed by atoms with Crippen LogP contribution in [0.5, 0.6) is 5.75 Å². The van der Waals surface area contributed by atoms with E-state index in [2.05, 4.69) is 30.2 Å². The standard InChI is InChI=1S/C20H21F5N6O4S.CH4/c1-3-31(36(32,33)4-2)10-15(13-6-5-12(7-14(13)21)34-19(24)25)28-20-26-8-11(9-27-20)17-29-30-18(35-17)16(22)23;/h5-9,15-16,19H,3-4,10H2,1-2H3,(H,26,27,28);1H4. The molecule has 0 aliphatic carbocycles. The molecule has 0 bridgehead atoms. The van der Waals surface area contributed by atoms with Gasteiger partial charge in [0, 0.05) is 37.1 Å². The van der Waals surface area contributed by atoms with Gasteiger partial charge in [0.05, 0.1) is 17.4 Å². The summed E-state index contributed by atoms with van der Waals surface area (Å²) in [5.74, 6) is -2.75. The highest BCUT2D eigenvalue weighted by molar-refractivity contribution is 7.89. The number of benzene rings is 1. The van der Waals surface area contributed by atoms with Gasteiger partial charge in [-0.1, -0.05) is 20.4 Å². The molecule has 0 radical (unpaired) electrons. The number of ether oxygens (including phenoxy) is 1. The van der Waals surface area contributed by atoms with Crippen molar-refractivity contribution in [3.8, 4) is 17.2 Å². The van der Waals surface area contributed by atoms with E-state index in [1.807, 2.05) is 0 Å². The number of nitrogens with one attached hydrogen (secondary N) is 1. The maximum absolute atomic E-state index is 14.9. The minimum Gasteiger partial charge on any atom is -0.435 e. The third-order valence-electron chi connectivity index (χ3n) is 4.90. The van der Waals surface area contributed by atoms with Gasteiger partial charge >= 0.3 is 13.0 Å². The number of alkyl halides is 4. The van der Waals surface area contributed by atoms with E-state index >= 15 is 0 Å². The van der Waals surface area contributed by atoms with Gasteiger partial charge in [-0.25, -0.2) is 22.8 Å². The van der Waals surface area contributed by atoms with Crippen molar-refractivity contribution in [2.75, 3.05) is 24.2 Å². The second-order valence-corrected chi connectivity index (χ2v) is 9.41. The SMILES string of the molecule is C.CCN(CC(Nc1ncc(-c2nnc(C(F)F)o2)cn1)c1ccc(OC(F)F)cc1F)S(=O)(=O)CC. The Kier molecular flexibility index (Phi) is 10.2. The van der Waals surface area contributed by atoms with Crippen LogP contribution in [0.25, 0.3) is 11.5 Å². The highest BCUT2D eigenvalue weighted by Crippen LogP contribution is 2.28. The van der Waals surface area contributed by atoms with E-state index in [0.29, 0.717) is 0 Å². The fourth-order valence-electron chi connectivity index (χ4n) is 3.12. The lowest BCUT2D eigenvalue weighted by atomic mass is 10.1. The average Bonchev–Trinajstić information content (AvgIpc) is 3.33. The van der Waals surface area contributed by atoms with Gasteiger partial charge < -0.3 is 14.5 Å². The summed E-state index contributed by atoms with van der Waals surface area (Å²) in [5.41, 5.74) is 0.0625. The molecular weight excluding hydrogens is 527 g/mol. The lowest BCUT2D eigenvalue weighted by Gasteiger charge is -2.27. The van der Waals surface area contributed by atoms with Crippen LogP contribution in [0.15, 0.2) is 35.0 Å². The van der Waals surface area contributed by atoms with Gasteiger partial charge in [0.15, 0.2) is 0 Å². The van der Waals surface area contributed by atoms with Gasteiger partial charge in [-0.2, -0.15) is 21.9 Å².